The number of benzene rings is 1. The van der Waals surface area contributed by atoms with Crippen LogP contribution in [0.25, 0.3) is 11.5 Å². The Morgan fingerprint density at radius 1 is 1.05 bits per heavy atom. The number of hydrogen-bond donors (Lipinski definition) is 0. The van der Waals surface area contributed by atoms with E-state index < -0.39 is 0 Å². The van der Waals surface area contributed by atoms with E-state index in [4.69, 9.17) is 20.4 Å². The van der Waals surface area contributed by atoms with Crippen LogP contribution in [0.3, 0.4) is 0 Å². The van der Waals surface area contributed by atoms with Crippen molar-refractivity contribution in [3.05, 3.63) is 47.2 Å². The molecular weight excluding hydrogens is 300 g/mol. The van der Waals surface area contributed by atoms with Crippen LogP contribution in [-0.4, -0.2) is 16.5 Å². The second-order valence-corrected chi connectivity index (χ2v) is 5.15. The lowest BCUT2D eigenvalue weighted by Gasteiger charge is -1.94. The summed E-state index contributed by atoms with van der Waals surface area (Å²) in [6.45, 7) is 0. The first-order chi connectivity index (χ1) is 9.74. The van der Waals surface area contributed by atoms with Crippen LogP contribution >= 0.6 is 23.4 Å². The standard InChI is InChI=1S/C13H7ClN2O3S/c14-9-3-1-8(2-4-9)12-15-16-13(19-12)20-11-6-5-10(7-17)18-11/h1-7H. The summed E-state index contributed by atoms with van der Waals surface area (Å²) in [4.78, 5) is 10.5. The maximum absolute atomic E-state index is 10.5. The first-order valence-corrected chi connectivity index (χ1v) is 6.76. The average Bonchev–Trinajstić information content (AvgIpc) is 3.09. The maximum Gasteiger partial charge on any atom is 0.284 e. The molecule has 0 fully saturated rings. The zero-order valence-corrected chi connectivity index (χ0v) is 11.5. The van der Waals surface area contributed by atoms with Crippen molar-refractivity contribution < 1.29 is 13.6 Å². The first-order valence-electron chi connectivity index (χ1n) is 5.57. The minimum absolute atomic E-state index is 0.255. The molecule has 0 aliphatic carbocycles. The smallest absolute Gasteiger partial charge is 0.284 e. The lowest BCUT2D eigenvalue weighted by molar-refractivity contribution is 0.109. The van der Waals surface area contributed by atoms with Gasteiger partial charge in [-0.1, -0.05) is 11.6 Å². The number of carbonyl (C=O) groups is 1. The van der Waals surface area contributed by atoms with E-state index in [1.807, 2.05) is 0 Å². The second-order valence-electron chi connectivity index (χ2n) is 3.76. The number of hydrogen-bond acceptors (Lipinski definition) is 6. The predicted octanol–water partition coefficient (Wildman–Crippen LogP) is 3.95. The van der Waals surface area contributed by atoms with Gasteiger partial charge in [0, 0.05) is 22.3 Å². The van der Waals surface area contributed by atoms with Gasteiger partial charge in [0.05, 0.1) is 0 Å². The summed E-state index contributed by atoms with van der Waals surface area (Å²) >= 11 is 6.97. The van der Waals surface area contributed by atoms with E-state index in [9.17, 15) is 4.79 Å². The lowest BCUT2D eigenvalue weighted by Crippen LogP contribution is -1.76. The van der Waals surface area contributed by atoms with Gasteiger partial charge >= 0.3 is 0 Å². The van der Waals surface area contributed by atoms with Gasteiger partial charge in [-0.2, -0.15) is 0 Å². The monoisotopic (exact) mass is 306 g/mol. The van der Waals surface area contributed by atoms with Crippen molar-refractivity contribution in [1.29, 1.82) is 0 Å². The molecule has 2 heterocycles. The van der Waals surface area contributed by atoms with Crippen molar-refractivity contribution in [1.82, 2.24) is 10.2 Å². The molecule has 0 radical (unpaired) electrons. The summed E-state index contributed by atoms with van der Waals surface area (Å²) < 4.78 is 10.7. The Kier molecular flexibility index (Phi) is 3.58. The summed E-state index contributed by atoms with van der Waals surface area (Å²) in [5.41, 5.74) is 0.779. The molecule has 1 aromatic carbocycles. The van der Waals surface area contributed by atoms with E-state index in [1.165, 1.54) is 0 Å². The summed E-state index contributed by atoms with van der Waals surface area (Å²) in [5, 5.41) is 9.34. The van der Waals surface area contributed by atoms with E-state index in [0.717, 1.165) is 17.3 Å². The number of aromatic nitrogens is 2. The highest BCUT2D eigenvalue weighted by atomic mass is 35.5. The van der Waals surface area contributed by atoms with E-state index in [2.05, 4.69) is 10.2 Å². The fourth-order valence-corrected chi connectivity index (χ4v) is 2.27. The molecule has 100 valence electrons. The normalized spacial score (nSPS) is 10.7. The van der Waals surface area contributed by atoms with E-state index >= 15 is 0 Å². The van der Waals surface area contributed by atoms with Crippen molar-refractivity contribution >= 4 is 29.6 Å². The fraction of sp³-hybridized carbons (Fsp3) is 0. The van der Waals surface area contributed by atoms with Gasteiger partial charge in [0.1, 0.15) is 0 Å². The van der Waals surface area contributed by atoms with Gasteiger partial charge in [-0.25, -0.2) is 0 Å². The molecule has 3 rings (SSSR count). The number of carbonyl (C=O) groups excluding carboxylic acids is 1. The topological polar surface area (TPSA) is 69.1 Å². The number of halogens is 1. The highest BCUT2D eigenvalue weighted by molar-refractivity contribution is 7.99. The van der Waals surface area contributed by atoms with Crippen LogP contribution < -0.4 is 0 Å². The Balaban J connectivity index is 1.79. The third-order valence-corrected chi connectivity index (χ3v) is 3.42. The van der Waals surface area contributed by atoms with Crippen LogP contribution in [0, 0.1) is 0 Å². The van der Waals surface area contributed by atoms with Gasteiger partial charge in [-0.3, -0.25) is 4.79 Å². The summed E-state index contributed by atoms with van der Waals surface area (Å²) in [6, 6.07) is 10.3. The third-order valence-electron chi connectivity index (χ3n) is 2.40. The minimum Gasteiger partial charge on any atom is -0.447 e. The highest BCUT2D eigenvalue weighted by Crippen LogP contribution is 2.30. The van der Waals surface area contributed by atoms with Gasteiger partial charge in [-0.05, 0) is 36.4 Å². The van der Waals surface area contributed by atoms with Crippen LogP contribution in [0.1, 0.15) is 10.6 Å². The largest absolute Gasteiger partial charge is 0.447 e. The van der Waals surface area contributed by atoms with E-state index in [1.54, 1.807) is 36.4 Å². The Labute approximate surface area is 122 Å². The molecule has 3 aromatic rings. The van der Waals surface area contributed by atoms with Gasteiger partial charge in [0.15, 0.2) is 17.1 Å². The molecule has 0 unspecified atom stereocenters. The lowest BCUT2D eigenvalue weighted by atomic mass is 10.2. The molecule has 0 aliphatic heterocycles. The Morgan fingerprint density at radius 3 is 2.55 bits per heavy atom. The molecule has 0 bridgehead atoms. The molecule has 0 spiro atoms. The average molecular weight is 307 g/mol. The maximum atomic E-state index is 10.5. The van der Waals surface area contributed by atoms with Crippen molar-refractivity contribution in [3.63, 3.8) is 0 Å². The fourth-order valence-electron chi connectivity index (χ4n) is 1.50. The first kappa shape index (κ1) is 13.0. The summed E-state index contributed by atoms with van der Waals surface area (Å²) in [6.07, 6.45) is 0.636. The number of nitrogens with zero attached hydrogens (tertiary/aromatic N) is 2. The summed E-state index contributed by atoms with van der Waals surface area (Å²) in [5.74, 6) is 0.649. The van der Waals surface area contributed by atoms with Gasteiger partial charge in [0.2, 0.25) is 5.89 Å². The number of rotatable bonds is 4. The van der Waals surface area contributed by atoms with Crippen molar-refractivity contribution in [2.45, 2.75) is 10.3 Å². The molecule has 0 amide bonds. The number of aldehydes is 1. The van der Waals surface area contributed by atoms with Crippen molar-refractivity contribution in [2.75, 3.05) is 0 Å². The van der Waals surface area contributed by atoms with Crippen molar-refractivity contribution in [2.24, 2.45) is 0 Å². The van der Waals surface area contributed by atoms with Gasteiger partial charge < -0.3 is 8.83 Å². The zero-order valence-electron chi connectivity index (χ0n) is 9.95. The highest BCUT2D eigenvalue weighted by Gasteiger charge is 2.12. The molecule has 0 atom stereocenters. The molecule has 0 N–H and O–H groups in total. The van der Waals surface area contributed by atoms with Crippen LogP contribution in [0.4, 0.5) is 0 Å². The third kappa shape index (κ3) is 2.76. The molecule has 0 saturated heterocycles. The Morgan fingerprint density at radius 2 is 1.85 bits per heavy atom. The summed E-state index contributed by atoms with van der Waals surface area (Å²) in [7, 11) is 0. The zero-order chi connectivity index (χ0) is 13.9. The van der Waals surface area contributed by atoms with E-state index in [-0.39, 0.29) is 5.76 Å². The Hall–Kier alpha value is -2.05. The molecule has 5 nitrogen and oxygen atoms in total. The van der Waals surface area contributed by atoms with E-state index in [0.29, 0.717) is 27.5 Å². The van der Waals surface area contributed by atoms with Gasteiger partial charge in [-0.15, -0.1) is 10.2 Å². The van der Waals surface area contributed by atoms with Crippen molar-refractivity contribution in [3.8, 4) is 11.5 Å². The molecule has 0 aliphatic rings. The van der Waals surface area contributed by atoms with Gasteiger partial charge in [0.25, 0.3) is 5.22 Å². The molecule has 7 heteroatoms. The van der Waals surface area contributed by atoms with Crippen LogP contribution in [-0.2, 0) is 0 Å². The number of furan rings is 1. The van der Waals surface area contributed by atoms with Crippen LogP contribution in [0.5, 0.6) is 0 Å². The van der Waals surface area contributed by atoms with Crippen LogP contribution in [0.15, 0.2) is 55.5 Å². The van der Waals surface area contributed by atoms with Crippen LogP contribution in [0.2, 0.25) is 5.02 Å². The second kappa shape index (κ2) is 5.52. The molecular formula is C13H7ClN2O3S. The minimum atomic E-state index is 0.255. The predicted molar refractivity (Wildman–Crippen MR) is 73.0 cm³/mol. The quantitative estimate of drug-likeness (QED) is 0.680. The molecule has 20 heavy (non-hydrogen) atoms. The molecule has 2 aromatic heterocycles. The Bertz CT molecular complexity index is 736. The SMILES string of the molecule is O=Cc1ccc(Sc2nnc(-c3ccc(Cl)cc3)o2)o1. The molecule has 0 saturated carbocycles.